The summed E-state index contributed by atoms with van der Waals surface area (Å²) >= 11 is 5.76. The molecule has 0 unspecified atom stereocenters. The van der Waals surface area contributed by atoms with Crippen molar-refractivity contribution in [2.75, 3.05) is 11.9 Å². The van der Waals surface area contributed by atoms with Crippen molar-refractivity contribution in [3.8, 4) is 5.75 Å². The Bertz CT molecular complexity index is 721. The first kappa shape index (κ1) is 16.8. The summed E-state index contributed by atoms with van der Waals surface area (Å²) in [5, 5.41) is 11.3. The number of nitro groups is 1. The van der Waals surface area contributed by atoms with Crippen LogP contribution in [0, 0.1) is 10.1 Å². The van der Waals surface area contributed by atoms with Crippen LogP contribution in [0.25, 0.3) is 0 Å². The van der Waals surface area contributed by atoms with Crippen LogP contribution >= 0.6 is 11.6 Å². The van der Waals surface area contributed by atoms with Crippen LogP contribution in [0.5, 0.6) is 5.75 Å². The first-order valence-corrected chi connectivity index (χ1v) is 7.21. The number of hydrogen-bond donors (Lipinski definition) is 0. The Balaban J connectivity index is 2.17. The average molecular weight is 335 g/mol. The van der Waals surface area contributed by atoms with Crippen LogP contribution in [0.1, 0.15) is 6.92 Å². The number of ether oxygens (including phenoxy) is 1. The van der Waals surface area contributed by atoms with E-state index in [0.717, 1.165) is 0 Å². The van der Waals surface area contributed by atoms with E-state index in [1.165, 1.54) is 23.1 Å². The van der Waals surface area contributed by atoms with Crippen molar-refractivity contribution in [2.45, 2.75) is 13.0 Å². The number of carbonyl (C=O) groups excluding carboxylic acids is 1. The Labute approximate surface area is 138 Å². The van der Waals surface area contributed by atoms with E-state index in [1.54, 1.807) is 26.1 Å². The minimum atomic E-state index is -0.889. The molecule has 0 aliphatic carbocycles. The summed E-state index contributed by atoms with van der Waals surface area (Å²) in [7, 11) is 1.62. The van der Waals surface area contributed by atoms with Crippen LogP contribution in [0.2, 0.25) is 5.02 Å². The molecule has 0 aliphatic heterocycles. The summed E-state index contributed by atoms with van der Waals surface area (Å²) in [4.78, 5) is 24.3. The largest absolute Gasteiger partial charge is 0.474 e. The summed E-state index contributed by atoms with van der Waals surface area (Å²) in [6, 6.07) is 13.1. The molecule has 0 saturated heterocycles. The number of carbonyl (C=O) groups is 1. The third-order valence-corrected chi connectivity index (χ3v) is 3.48. The molecule has 7 heteroatoms. The maximum Gasteiger partial charge on any atom is 0.312 e. The van der Waals surface area contributed by atoms with Gasteiger partial charge < -0.3 is 9.64 Å². The lowest BCUT2D eigenvalue weighted by molar-refractivity contribution is -0.386. The van der Waals surface area contributed by atoms with E-state index < -0.39 is 11.0 Å². The molecule has 0 aromatic heterocycles. The number of halogens is 1. The maximum atomic E-state index is 12.4. The standard InChI is InChI=1S/C16H15ClN2O4/c1-11(16(20)18(2)13-6-4-3-5-7-13)23-15-9-8-12(17)10-14(15)19(21)22/h3-11H,1-2H3/t11-/m1/s1. The van der Waals surface area contributed by atoms with Crippen LogP contribution in [-0.2, 0) is 4.79 Å². The van der Waals surface area contributed by atoms with Gasteiger partial charge in [-0.3, -0.25) is 14.9 Å². The van der Waals surface area contributed by atoms with Crippen LogP contribution in [0.3, 0.4) is 0 Å². The lowest BCUT2D eigenvalue weighted by atomic mass is 10.2. The first-order valence-electron chi connectivity index (χ1n) is 6.83. The summed E-state index contributed by atoms with van der Waals surface area (Å²) < 4.78 is 5.47. The molecule has 0 fully saturated rings. The fourth-order valence-corrected chi connectivity index (χ4v) is 2.19. The SMILES string of the molecule is C[C@@H](Oc1ccc(Cl)cc1[N+](=O)[O-])C(=O)N(C)c1ccccc1. The summed E-state index contributed by atoms with van der Waals surface area (Å²) in [5.74, 6) is -0.317. The number of rotatable bonds is 5. The Kier molecular flexibility index (Phi) is 5.18. The fraction of sp³-hybridized carbons (Fsp3) is 0.188. The van der Waals surface area contributed by atoms with Crippen molar-refractivity contribution in [3.63, 3.8) is 0 Å². The van der Waals surface area contributed by atoms with E-state index in [-0.39, 0.29) is 22.4 Å². The number of hydrogen-bond acceptors (Lipinski definition) is 4. The van der Waals surface area contributed by atoms with Crippen LogP contribution in [0.4, 0.5) is 11.4 Å². The highest BCUT2D eigenvalue weighted by Gasteiger charge is 2.24. The number of nitrogens with zero attached hydrogens (tertiary/aromatic N) is 2. The van der Waals surface area contributed by atoms with Gasteiger partial charge in [-0.05, 0) is 31.2 Å². The molecular formula is C16H15ClN2O4. The highest BCUT2D eigenvalue weighted by molar-refractivity contribution is 6.30. The van der Waals surface area contributed by atoms with Gasteiger partial charge in [0, 0.05) is 23.8 Å². The molecule has 2 aromatic rings. The van der Waals surface area contributed by atoms with Gasteiger partial charge in [0.1, 0.15) is 0 Å². The van der Waals surface area contributed by atoms with Gasteiger partial charge in [0.05, 0.1) is 4.92 Å². The quantitative estimate of drug-likeness (QED) is 0.617. The molecule has 0 bridgehead atoms. The predicted octanol–water partition coefficient (Wildman–Crippen LogP) is 3.68. The van der Waals surface area contributed by atoms with Gasteiger partial charge in [0.2, 0.25) is 0 Å². The molecule has 23 heavy (non-hydrogen) atoms. The Hall–Kier alpha value is -2.60. The normalized spacial score (nSPS) is 11.6. The lowest BCUT2D eigenvalue weighted by Gasteiger charge is -2.22. The van der Waals surface area contributed by atoms with Gasteiger partial charge in [-0.1, -0.05) is 29.8 Å². The zero-order valence-electron chi connectivity index (χ0n) is 12.6. The number of benzene rings is 2. The Morgan fingerprint density at radius 1 is 1.26 bits per heavy atom. The van der Waals surface area contributed by atoms with Crippen LogP contribution < -0.4 is 9.64 Å². The van der Waals surface area contributed by atoms with Crippen molar-refractivity contribution in [1.29, 1.82) is 0 Å². The van der Waals surface area contributed by atoms with Crippen molar-refractivity contribution in [3.05, 3.63) is 63.7 Å². The molecule has 0 aliphatic rings. The molecule has 0 spiro atoms. The molecular weight excluding hydrogens is 320 g/mol. The van der Waals surface area contributed by atoms with Crippen molar-refractivity contribution in [1.82, 2.24) is 0 Å². The molecule has 0 N–H and O–H groups in total. The molecule has 2 rings (SSSR count). The van der Waals surface area contributed by atoms with Gasteiger partial charge in [-0.2, -0.15) is 0 Å². The maximum absolute atomic E-state index is 12.4. The van der Waals surface area contributed by atoms with E-state index in [4.69, 9.17) is 16.3 Å². The zero-order chi connectivity index (χ0) is 17.0. The second-order valence-corrected chi connectivity index (χ2v) is 5.30. The highest BCUT2D eigenvalue weighted by atomic mass is 35.5. The fourth-order valence-electron chi connectivity index (χ4n) is 2.03. The molecule has 6 nitrogen and oxygen atoms in total. The summed E-state index contributed by atoms with van der Waals surface area (Å²) in [5.41, 5.74) is 0.429. The van der Waals surface area contributed by atoms with Gasteiger partial charge in [0.25, 0.3) is 5.91 Å². The summed E-state index contributed by atoms with van der Waals surface area (Å²) in [6.07, 6.45) is -0.889. The Morgan fingerprint density at radius 3 is 2.52 bits per heavy atom. The molecule has 1 atom stereocenters. The average Bonchev–Trinajstić information content (AvgIpc) is 2.55. The van der Waals surface area contributed by atoms with E-state index >= 15 is 0 Å². The third-order valence-electron chi connectivity index (χ3n) is 3.24. The Morgan fingerprint density at radius 2 is 1.91 bits per heavy atom. The van der Waals surface area contributed by atoms with E-state index in [0.29, 0.717) is 5.69 Å². The molecule has 0 saturated carbocycles. The number of nitro benzene ring substituents is 1. The third kappa shape index (κ3) is 3.98. The minimum Gasteiger partial charge on any atom is -0.474 e. The van der Waals surface area contributed by atoms with E-state index in [2.05, 4.69) is 0 Å². The van der Waals surface area contributed by atoms with E-state index in [9.17, 15) is 14.9 Å². The molecule has 2 aromatic carbocycles. The number of anilines is 1. The highest BCUT2D eigenvalue weighted by Crippen LogP contribution is 2.31. The van der Waals surface area contributed by atoms with Crippen molar-refractivity contribution >= 4 is 28.9 Å². The number of likely N-dealkylation sites (N-methyl/N-ethyl adjacent to an activating group) is 1. The molecule has 0 radical (unpaired) electrons. The van der Waals surface area contributed by atoms with Gasteiger partial charge >= 0.3 is 5.69 Å². The smallest absolute Gasteiger partial charge is 0.312 e. The minimum absolute atomic E-state index is 0.00158. The molecule has 1 amide bonds. The number of amides is 1. The zero-order valence-corrected chi connectivity index (χ0v) is 13.4. The first-order chi connectivity index (χ1) is 10.9. The second kappa shape index (κ2) is 7.11. The lowest BCUT2D eigenvalue weighted by Crippen LogP contribution is -2.38. The molecule has 120 valence electrons. The van der Waals surface area contributed by atoms with Gasteiger partial charge in [0.15, 0.2) is 11.9 Å². The van der Waals surface area contributed by atoms with Crippen LogP contribution in [-0.4, -0.2) is 24.0 Å². The number of para-hydroxylation sites is 1. The summed E-state index contributed by atoms with van der Waals surface area (Å²) in [6.45, 7) is 1.54. The van der Waals surface area contributed by atoms with E-state index in [1.807, 2.05) is 18.2 Å². The van der Waals surface area contributed by atoms with Gasteiger partial charge in [-0.15, -0.1) is 0 Å². The van der Waals surface area contributed by atoms with Gasteiger partial charge in [-0.25, -0.2) is 0 Å². The van der Waals surface area contributed by atoms with Crippen molar-refractivity contribution in [2.24, 2.45) is 0 Å². The second-order valence-electron chi connectivity index (χ2n) is 4.86. The molecule has 0 heterocycles. The topological polar surface area (TPSA) is 72.7 Å². The predicted molar refractivity (Wildman–Crippen MR) is 88.0 cm³/mol. The van der Waals surface area contributed by atoms with Crippen molar-refractivity contribution < 1.29 is 14.5 Å². The van der Waals surface area contributed by atoms with Crippen LogP contribution in [0.15, 0.2) is 48.5 Å². The monoisotopic (exact) mass is 334 g/mol.